The maximum Gasteiger partial charge on any atom is 0.234 e. The number of nitrogens with zero attached hydrogens (tertiary/aromatic N) is 2. The average Bonchev–Trinajstić information content (AvgIpc) is 2.63. The maximum absolute atomic E-state index is 12.4. The summed E-state index contributed by atoms with van der Waals surface area (Å²) in [5, 5.41) is 3.04. The van der Waals surface area contributed by atoms with E-state index in [0.717, 1.165) is 31.9 Å². The third-order valence-corrected chi connectivity index (χ3v) is 6.18. The molecule has 3 rings (SSSR count). The highest BCUT2D eigenvalue weighted by atomic mass is 32.2. The molecular formula is C22H29N3OS. The van der Waals surface area contributed by atoms with Gasteiger partial charge in [0, 0.05) is 42.4 Å². The number of anilines is 2. The molecule has 1 fully saturated rings. The summed E-state index contributed by atoms with van der Waals surface area (Å²) in [4.78, 5) is 18.3. The second kappa shape index (κ2) is 8.81. The average molecular weight is 384 g/mol. The van der Waals surface area contributed by atoms with Gasteiger partial charge in [-0.3, -0.25) is 4.79 Å². The largest absolute Gasteiger partial charge is 0.369 e. The van der Waals surface area contributed by atoms with Crippen LogP contribution in [0.1, 0.15) is 16.7 Å². The van der Waals surface area contributed by atoms with Crippen molar-refractivity contribution in [3.8, 4) is 0 Å². The first kappa shape index (κ1) is 19.8. The molecule has 1 N–H and O–H groups in total. The molecule has 0 unspecified atom stereocenters. The number of likely N-dealkylation sites (N-methyl/N-ethyl adjacent to an activating group) is 1. The lowest BCUT2D eigenvalue weighted by molar-refractivity contribution is -0.113. The smallest absolute Gasteiger partial charge is 0.234 e. The Morgan fingerprint density at radius 2 is 1.74 bits per heavy atom. The Kier molecular flexibility index (Phi) is 6.45. The van der Waals surface area contributed by atoms with Gasteiger partial charge < -0.3 is 15.1 Å². The van der Waals surface area contributed by atoms with Crippen molar-refractivity contribution in [2.45, 2.75) is 25.7 Å². The molecule has 1 amide bonds. The molecule has 5 heteroatoms. The van der Waals surface area contributed by atoms with E-state index < -0.39 is 0 Å². The Hall–Kier alpha value is -1.98. The third kappa shape index (κ3) is 5.27. The summed E-state index contributed by atoms with van der Waals surface area (Å²) in [5.41, 5.74) is 5.78. The van der Waals surface area contributed by atoms with Crippen molar-refractivity contribution < 1.29 is 4.79 Å². The topological polar surface area (TPSA) is 35.6 Å². The summed E-state index contributed by atoms with van der Waals surface area (Å²) in [6.45, 7) is 10.6. The standard InChI is InChI=1S/C22H29N3OS/c1-16-5-6-17(2)21(13-16)27-15-22(26)23-19-7-8-20(18(3)14-19)25-11-9-24(4)10-12-25/h5-8,13-14H,9-12,15H2,1-4H3,(H,23,26). The van der Waals surface area contributed by atoms with Crippen LogP contribution in [-0.4, -0.2) is 49.8 Å². The van der Waals surface area contributed by atoms with Gasteiger partial charge in [-0.25, -0.2) is 0 Å². The Bertz CT molecular complexity index is 813. The lowest BCUT2D eigenvalue weighted by atomic mass is 10.1. The van der Waals surface area contributed by atoms with Crippen LogP contribution in [0.2, 0.25) is 0 Å². The highest BCUT2D eigenvalue weighted by Crippen LogP contribution is 2.26. The van der Waals surface area contributed by atoms with Gasteiger partial charge in [-0.05, 0) is 63.2 Å². The minimum absolute atomic E-state index is 0.0349. The molecule has 4 nitrogen and oxygen atoms in total. The molecule has 27 heavy (non-hydrogen) atoms. The van der Waals surface area contributed by atoms with Crippen LogP contribution in [0.25, 0.3) is 0 Å². The number of thioether (sulfide) groups is 1. The minimum atomic E-state index is 0.0349. The minimum Gasteiger partial charge on any atom is -0.369 e. The van der Waals surface area contributed by atoms with Crippen molar-refractivity contribution in [1.82, 2.24) is 4.90 Å². The van der Waals surface area contributed by atoms with E-state index in [1.807, 2.05) is 6.07 Å². The molecule has 1 aliphatic rings. The summed E-state index contributed by atoms with van der Waals surface area (Å²) in [6.07, 6.45) is 0. The van der Waals surface area contributed by atoms with Crippen molar-refractivity contribution in [3.63, 3.8) is 0 Å². The fourth-order valence-corrected chi connectivity index (χ4v) is 4.26. The Morgan fingerprint density at radius 1 is 1.00 bits per heavy atom. The van der Waals surface area contributed by atoms with Crippen LogP contribution in [0.4, 0.5) is 11.4 Å². The zero-order chi connectivity index (χ0) is 19.4. The molecule has 2 aromatic rings. The van der Waals surface area contributed by atoms with Crippen LogP contribution >= 0.6 is 11.8 Å². The Morgan fingerprint density at radius 3 is 2.44 bits per heavy atom. The number of carbonyl (C=O) groups excluding carboxylic acids is 1. The first-order valence-corrected chi connectivity index (χ1v) is 10.4. The molecule has 0 spiro atoms. The van der Waals surface area contributed by atoms with Gasteiger partial charge in [0.05, 0.1) is 5.75 Å². The molecule has 0 saturated carbocycles. The molecule has 1 saturated heterocycles. The summed E-state index contributed by atoms with van der Waals surface area (Å²) in [5.74, 6) is 0.455. The first-order chi connectivity index (χ1) is 12.9. The molecular weight excluding hydrogens is 354 g/mol. The summed E-state index contributed by atoms with van der Waals surface area (Å²) >= 11 is 1.59. The van der Waals surface area contributed by atoms with Gasteiger partial charge in [0.25, 0.3) is 0 Å². The second-order valence-electron chi connectivity index (χ2n) is 7.40. The van der Waals surface area contributed by atoms with Gasteiger partial charge in [-0.15, -0.1) is 11.8 Å². The second-order valence-corrected chi connectivity index (χ2v) is 8.41. The van der Waals surface area contributed by atoms with E-state index in [0.29, 0.717) is 5.75 Å². The lowest BCUT2D eigenvalue weighted by Gasteiger charge is -2.35. The monoisotopic (exact) mass is 383 g/mol. The van der Waals surface area contributed by atoms with Crippen LogP contribution in [0, 0.1) is 20.8 Å². The van der Waals surface area contributed by atoms with E-state index >= 15 is 0 Å². The molecule has 0 aromatic heterocycles. The van der Waals surface area contributed by atoms with Crippen molar-refractivity contribution >= 4 is 29.0 Å². The quantitative estimate of drug-likeness (QED) is 0.789. The highest BCUT2D eigenvalue weighted by molar-refractivity contribution is 8.00. The van der Waals surface area contributed by atoms with Gasteiger partial charge in [0.2, 0.25) is 5.91 Å². The van der Waals surface area contributed by atoms with Gasteiger partial charge in [0.1, 0.15) is 0 Å². The van der Waals surface area contributed by atoms with Gasteiger partial charge in [0.15, 0.2) is 0 Å². The van der Waals surface area contributed by atoms with Crippen molar-refractivity contribution in [3.05, 3.63) is 53.1 Å². The SMILES string of the molecule is Cc1ccc(C)c(SCC(=O)Nc2ccc(N3CCN(C)CC3)c(C)c2)c1. The van der Waals surface area contributed by atoms with E-state index in [1.54, 1.807) is 11.8 Å². The Balaban J connectivity index is 1.58. The van der Waals surface area contributed by atoms with Crippen LogP contribution < -0.4 is 10.2 Å². The van der Waals surface area contributed by atoms with Gasteiger partial charge in [-0.1, -0.05) is 17.7 Å². The molecule has 2 aromatic carbocycles. The van der Waals surface area contributed by atoms with Crippen molar-refractivity contribution in [1.29, 1.82) is 0 Å². The van der Waals surface area contributed by atoms with E-state index in [2.05, 4.69) is 73.3 Å². The number of hydrogen-bond donors (Lipinski definition) is 1. The number of piperazine rings is 1. The van der Waals surface area contributed by atoms with Gasteiger partial charge >= 0.3 is 0 Å². The molecule has 0 aliphatic carbocycles. The van der Waals surface area contributed by atoms with E-state index in [1.165, 1.54) is 27.3 Å². The van der Waals surface area contributed by atoms with Crippen LogP contribution in [-0.2, 0) is 4.79 Å². The Labute approximate surface area is 166 Å². The number of nitrogens with one attached hydrogen (secondary N) is 1. The molecule has 0 atom stereocenters. The number of hydrogen-bond acceptors (Lipinski definition) is 4. The maximum atomic E-state index is 12.4. The number of rotatable bonds is 5. The van der Waals surface area contributed by atoms with Crippen LogP contribution in [0.5, 0.6) is 0 Å². The van der Waals surface area contributed by atoms with Crippen molar-refractivity contribution in [2.75, 3.05) is 49.2 Å². The van der Waals surface area contributed by atoms with Crippen LogP contribution in [0.3, 0.4) is 0 Å². The predicted molar refractivity (Wildman–Crippen MR) is 116 cm³/mol. The highest BCUT2D eigenvalue weighted by Gasteiger charge is 2.16. The van der Waals surface area contributed by atoms with Crippen molar-refractivity contribution in [2.24, 2.45) is 0 Å². The molecule has 0 bridgehead atoms. The number of carbonyl (C=O) groups is 1. The predicted octanol–water partition coefficient (Wildman–Crippen LogP) is 4.09. The van der Waals surface area contributed by atoms with Crippen LogP contribution in [0.15, 0.2) is 41.3 Å². The van der Waals surface area contributed by atoms with Gasteiger partial charge in [-0.2, -0.15) is 0 Å². The molecule has 1 heterocycles. The summed E-state index contributed by atoms with van der Waals surface area (Å²) in [6, 6.07) is 12.6. The van der Waals surface area contributed by atoms with E-state index in [9.17, 15) is 4.79 Å². The summed E-state index contributed by atoms with van der Waals surface area (Å²) < 4.78 is 0. The fourth-order valence-electron chi connectivity index (χ4n) is 3.34. The number of aryl methyl sites for hydroxylation is 3. The zero-order valence-electron chi connectivity index (χ0n) is 16.7. The molecule has 0 radical (unpaired) electrons. The third-order valence-electron chi connectivity index (χ3n) is 5.03. The fraction of sp³-hybridized carbons (Fsp3) is 0.409. The summed E-state index contributed by atoms with van der Waals surface area (Å²) in [7, 11) is 2.17. The lowest BCUT2D eigenvalue weighted by Crippen LogP contribution is -2.44. The van der Waals surface area contributed by atoms with E-state index in [-0.39, 0.29) is 5.91 Å². The number of benzene rings is 2. The molecule has 1 aliphatic heterocycles. The molecule has 144 valence electrons. The number of amides is 1. The first-order valence-electron chi connectivity index (χ1n) is 9.46. The van der Waals surface area contributed by atoms with E-state index in [4.69, 9.17) is 0 Å². The normalized spacial score (nSPS) is 15.0. The zero-order valence-corrected chi connectivity index (χ0v) is 17.5.